The molecule has 2 saturated carbocycles. The molecule has 0 aromatic carbocycles. The van der Waals surface area contributed by atoms with Crippen LogP contribution < -0.4 is 5.32 Å². The zero-order valence-electron chi connectivity index (χ0n) is 10.8. The minimum Gasteiger partial charge on any atom is -0.296 e. The van der Waals surface area contributed by atoms with Crippen molar-refractivity contribution in [1.82, 2.24) is 15.5 Å². The van der Waals surface area contributed by atoms with Crippen LogP contribution in [0, 0.1) is 17.2 Å². The lowest BCUT2D eigenvalue weighted by atomic mass is 9.86. The molecule has 1 heterocycles. The van der Waals surface area contributed by atoms with E-state index < -0.39 is 0 Å². The van der Waals surface area contributed by atoms with E-state index in [0.717, 1.165) is 22.9 Å². The molecular weight excluding hydrogens is 276 g/mol. The van der Waals surface area contributed by atoms with Gasteiger partial charge < -0.3 is 0 Å². The maximum atomic E-state index is 9.61. The normalized spacial score (nSPS) is 30.4. The first kappa shape index (κ1) is 13.3. The van der Waals surface area contributed by atoms with Crippen molar-refractivity contribution in [3.8, 4) is 6.07 Å². The van der Waals surface area contributed by atoms with Crippen molar-refractivity contribution in [2.45, 2.75) is 54.4 Å². The highest BCUT2D eigenvalue weighted by Crippen LogP contribution is 2.41. The van der Waals surface area contributed by atoms with Crippen LogP contribution in [0.2, 0.25) is 0 Å². The fourth-order valence-corrected chi connectivity index (χ4v) is 4.56. The molecule has 1 aromatic rings. The lowest BCUT2D eigenvalue weighted by molar-refractivity contribution is 0.308. The molecule has 0 bridgehead atoms. The van der Waals surface area contributed by atoms with E-state index in [2.05, 4.69) is 21.6 Å². The van der Waals surface area contributed by atoms with Gasteiger partial charge in [0.1, 0.15) is 11.0 Å². The molecule has 0 radical (unpaired) electrons. The zero-order chi connectivity index (χ0) is 13.1. The standard InChI is InChI=1S/C13H18N4S2/c14-8-13(16-11-3-4-11)6-1-2-10(13)5-7-18-12-17-15-9-19-12/h9-11,16H,1-7H2. The molecule has 1 aromatic heterocycles. The second-order valence-corrected chi connectivity index (χ2v) is 7.61. The van der Waals surface area contributed by atoms with E-state index in [1.807, 2.05) is 0 Å². The van der Waals surface area contributed by atoms with Gasteiger partial charge in [0.05, 0.1) is 6.07 Å². The summed E-state index contributed by atoms with van der Waals surface area (Å²) >= 11 is 3.36. The molecule has 0 spiro atoms. The second-order valence-electron chi connectivity index (χ2n) is 5.43. The number of nitrogens with one attached hydrogen (secondary N) is 1. The van der Waals surface area contributed by atoms with Crippen molar-refractivity contribution in [3.05, 3.63) is 5.51 Å². The summed E-state index contributed by atoms with van der Waals surface area (Å²) < 4.78 is 1.04. The number of aromatic nitrogens is 2. The Morgan fingerprint density at radius 2 is 2.42 bits per heavy atom. The Kier molecular flexibility index (Phi) is 4.06. The number of rotatable bonds is 6. The summed E-state index contributed by atoms with van der Waals surface area (Å²) in [4.78, 5) is 0. The van der Waals surface area contributed by atoms with Gasteiger partial charge in [-0.2, -0.15) is 5.26 Å². The van der Waals surface area contributed by atoms with Crippen molar-refractivity contribution < 1.29 is 0 Å². The number of hydrogen-bond acceptors (Lipinski definition) is 6. The van der Waals surface area contributed by atoms with Gasteiger partial charge in [-0.1, -0.05) is 29.5 Å². The fraction of sp³-hybridized carbons (Fsp3) is 0.769. The van der Waals surface area contributed by atoms with Crippen LogP contribution in [-0.4, -0.2) is 27.5 Å². The summed E-state index contributed by atoms with van der Waals surface area (Å²) in [6, 6.07) is 3.20. The van der Waals surface area contributed by atoms with Gasteiger partial charge in [0, 0.05) is 11.8 Å². The first-order valence-electron chi connectivity index (χ1n) is 6.90. The van der Waals surface area contributed by atoms with Gasteiger partial charge in [-0.05, 0) is 38.0 Å². The van der Waals surface area contributed by atoms with Gasteiger partial charge in [0.2, 0.25) is 0 Å². The average molecular weight is 294 g/mol. The Hall–Kier alpha value is -0.640. The molecule has 2 aliphatic rings. The quantitative estimate of drug-likeness (QED) is 0.817. The molecule has 2 fully saturated rings. The number of hydrogen-bond donors (Lipinski definition) is 1. The summed E-state index contributed by atoms with van der Waals surface area (Å²) in [6.45, 7) is 0. The van der Waals surface area contributed by atoms with Crippen molar-refractivity contribution in [2.75, 3.05) is 5.75 Å². The van der Waals surface area contributed by atoms with E-state index in [0.29, 0.717) is 12.0 Å². The smallest absolute Gasteiger partial charge is 0.174 e. The highest BCUT2D eigenvalue weighted by molar-refractivity contribution is 8.00. The van der Waals surface area contributed by atoms with Gasteiger partial charge in [0.15, 0.2) is 4.34 Å². The molecule has 6 heteroatoms. The Morgan fingerprint density at radius 1 is 1.53 bits per heavy atom. The Balaban J connectivity index is 1.54. The van der Waals surface area contributed by atoms with Crippen LogP contribution in [0.25, 0.3) is 0 Å². The molecule has 19 heavy (non-hydrogen) atoms. The molecule has 1 N–H and O–H groups in total. The summed E-state index contributed by atoms with van der Waals surface area (Å²) in [7, 11) is 0. The monoisotopic (exact) mass is 294 g/mol. The molecule has 2 unspecified atom stereocenters. The number of nitriles is 1. The topological polar surface area (TPSA) is 61.6 Å². The predicted octanol–water partition coefficient (Wildman–Crippen LogP) is 2.83. The second kappa shape index (κ2) is 5.78. The maximum Gasteiger partial charge on any atom is 0.174 e. The Labute approximate surface area is 122 Å². The molecule has 2 atom stereocenters. The van der Waals surface area contributed by atoms with Crippen LogP contribution in [0.1, 0.15) is 38.5 Å². The lowest BCUT2D eigenvalue weighted by Crippen LogP contribution is -2.48. The summed E-state index contributed by atoms with van der Waals surface area (Å²) in [5.41, 5.74) is 1.52. The van der Waals surface area contributed by atoms with E-state index in [1.54, 1.807) is 28.6 Å². The van der Waals surface area contributed by atoms with Gasteiger partial charge in [0.25, 0.3) is 0 Å². The third-order valence-electron chi connectivity index (χ3n) is 4.09. The van der Waals surface area contributed by atoms with Crippen LogP contribution >= 0.6 is 23.1 Å². The summed E-state index contributed by atoms with van der Waals surface area (Å²) in [5, 5.41) is 21.1. The van der Waals surface area contributed by atoms with Crippen molar-refractivity contribution in [3.63, 3.8) is 0 Å². The van der Waals surface area contributed by atoms with Crippen LogP contribution in [0.3, 0.4) is 0 Å². The van der Waals surface area contributed by atoms with E-state index in [9.17, 15) is 5.26 Å². The van der Waals surface area contributed by atoms with Gasteiger partial charge in [-0.25, -0.2) is 0 Å². The molecule has 3 rings (SSSR count). The van der Waals surface area contributed by atoms with Crippen molar-refractivity contribution in [1.29, 1.82) is 5.26 Å². The van der Waals surface area contributed by atoms with Gasteiger partial charge >= 0.3 is 0 Å². The van der Waals surface area contributed by atoms with E-state index >= 15 is 0 Å². The SMILES string of the molecule is N#CC1(NC2CC2)CCCC1CCSc1nncs1. The van der Waals surface area contributed by atoms with Crippen molar-refractivity contribution >= 4 is 23.1 Å². The average Bonchev–Trinajstić information content (AvgIpc) is 2.92. The van der Waals surface area contributed by atoms with Crippen LogP contribution in [0.5, 0.6) is 0 Å². The first-order valence-corrected chi connectivity index (χ1v) is 8.77. The molecule has 2 aliphatic carbocycles. The number of thioether (sulfide) groups is 1. The first-order chi connectivity index (χ1) is 9.32. The molecule has 102 valence electrons. The van der Waals surface area contributed by atoms with Gasteiger partial charge in [-0.3, -0.25) is 5.32 Å². The van der Waals surface area contributed by atoms with Gasteiger partial charge in [-0.15, -0.1) is 10.2 Å². The molecule has 4 nitrogen and oxygen atoms in total. The largest absolute Gasteiger partial charge is 0.296 e. The van der Waals surface area contributed by atoms with Crippen LogP contribution in [-0.2, 0) is 0 Å². The summed E-state index contributed by atoms with van der Waals surface area (Å²) in [5.74, 6) is 1.54. The predicted molar refractivity (Wildman–Crippen MR) is 77.1 cm³/mol. The molecule has 0 saturated heterocycles. The fourth-order valence-electron chi connectivity index (χ4n) is 2.94. The van der Waals surface area contributed by atoms with Crippen LogP contribution in [0.4, 0.5) is 0 Å². The van der Waals surface area contributed by atoms with E-state index in [4.69, 9.17) is 0 Å². The maximum absolute atomic E-state index is 9.61. The molecule has 0 amide bonds. The number of nitrogens with zero attached hydrogens (tertiary/aromatic N) is 3. The third kappa shape index (κ3) is 3.10. The minimum absolute atomic E-state index is 0.247. The zero-order valence-corrected chi connectivity index (χ0v) is 12.5. The Morgan fingerprint density at radius 3 is 3.11 bits per heavy atom. The molecule has 0 aliphatic heterocycles. The van der Waals surface area contributed by atoms with Crippen LogP contribution in [0.15, 0.2) is 9.85 Å². The molecular formula is C13H18N4S2. The Bertz CT molecular complexity index is 452. The van der Waals surface area contributed by atoms with E-state index in [1.165, 1.54) is 25.7 Å². The third-order valence-corrected chi connectivity index (χ3v) is 5.98. The minimum atomic E-state index is -0.247. The summed E-state index contributed by atoms with van der Waals surface area (Å²) in [6.07, 6.45) is 6.97. The van der Waals surface area contributed by atoms with Crippen molar-refractivity contribution in [2.24, 2.45) is 5.92 Å². The highest BCUT2D eigenvalue weighted by Gasteiger charge is 2.45. The lowest BCUT2D eigenvalue weighted by Gasteiger charge is -2.30. The highest BCUT2D eigenvalue weighted by atomic mass is 32.2. The van der Waals surface area contributed by atoms with E-state index in [-0.39, 0.29) is 5.54 Å².